The fourth-order valence-electron chi connectivity index (χ4n) is 3.38. The molecule has 0 radical (unpaired) electrons. The monoisotopic (exact) mass is 373 g/mol. The molecule has 3 heterocycles. The summed E-state index contributed by atoms with van der Waals surface area (Å²) in [5.41, 5.74) is 3.38. The lowest BCUT2D eigenvalue weighted by Gasteiger charge is -2.23. The molecular weight excluding hydrogens is 350 g/mol. The third kappa shape index (κ3) is 4.15. The Balaban J connectivity index is 1.61. The zero-order valence-electron chi connectivity index (χ0n) is 15.9. The molecule has 1 aromatic carbocycles. The standard InChI is InChI=1S/C23H23N3O2/c1-27-23-11-3-2-10-22(23)26-13-5-8-20(26)17-25(18-21-9-6-14-28-21)16-19-7-4-12-24-15-19/h2-15H,16-18H2,1H3. The molecule has 4 aromatic rings. The summed E-state index contributed by atoms with van der Waals surface area (Å²) < 4.78 is 13.3. The zero-order chi connectivity index (χ0) is 19.2. The number of hydrogen-bond acceptors (Lipinski definition) is 4. The van der Waals surface area contributed by atoms with Gasteiger partial charge in [-0.15, -0.1) is 0 Å². The normalized spacial score (nSPS) is 11.1. The summed E-state index contributed by atoms with van der Waals surface area (Å²) in [6.07, 6.45) is 7.50. The van der Waals surface area contributed by atoms with Gasteiger partial charge < -0.3 is 13.7 Å². The number of nitrogens with zero attached hydrogens (tertiary/aromatic N) is 3. The Hall–Kier alpha value is -3.31. The molecule has 0 atom stereocenters. The minimum absolute atomic E-state index is 0.721. The Morgan fingerprint density at radius 2 is 1.89 bits per heavy atom. The van der Waals surface area contributed by atoms with E-state index in [1.165, 1.54) is 11.3 Å². The van der Waals surface area contributed by atoms with E-state index in [0.717, 1.165) is 36.8 Å². The Morgan fingerprint density at radius 1 is 0.964 bits per heavy atom. The van der Waals surface area contributed by atoms with E-state index < -0.39 is 0 Å². The SMILES string of the molecule is COc1ccccc1-n1cccc1CN(Cc1cccnc1)Cc1ccco1. The van der Waals surface area contributed by atoms with Crippen molar-refractivity contribution >= 4 is 0 Å². The fraction of sp³-hybridized carbons (Fsp3) is 0.174. The van der Waals surface area contributed by atoms with E-state index in [-0.39, 0.29) is 0 Å². The van der Waals surface area contributed by atoms with E-state index in [9.17, 15) is 0 Å². The van der Waals surface area contributed by atoms with Crippen LogP contribution in [0.2, 0.25) is 0 Å². The van der Waals surface area contributed by atoms with Crippen molar-refractivity contribution in [2.24, 2.45) is 0 Å². The van der Waals surface area contributed by atoms with Gasteiger partial charge in [0.1, 0.15) is 11.5 Å². The van der Waals surface area contributed by atoms with E-state index in [0.29, 0.717) is 0 Å². The minimum Gasteiger partial charge on any atom is -0.495 e. The molecule has 0 unspecified atom stereocenters. The molecule has 0 fully saturated rings. The molecule has 0 aliphatic heterocycles. The van der Waals surface area contributed by atoms with Crippen LogP contribution in [0.1, 0.15) is 17.0 Å². The first-order chi connectivity index (χ1) is 13.8. The maximum absolute atomic E-state index is 5.59. The summed E-state index contributed by atoms with van der Waals surface area (Å²) in [5.74, 6) is 1.80. The van der Waals surface area contributed by atoms with Gasteiger partial charge in [0.25, 0.3) is 0 Å². The lowest BCUT2D eigenvalue weighted by molar-refractivity contribution is 0.223. The first-order valence-corrected chi connectivity index (χ1v) is 9.27. The minimum atomic E-state index is 0.721. The van der Waals surface area contributed by atoms with Gasteiger partial charge in [-0.05, 0) is 48.0 Å². The van der Waals surface area contributed by atoms with Crippen LogP contribution in [0.3, 0.4) is 0 Å². The third-order valence-electron chi connectivity index (χ3n) is 4.65. The molecule has 5 nitrogen and oxygen atoms in total. The number of benzene rings is 1. The van der Waals surface area contributed by atoms with Gasteiger partial charge in [0, 0.05) is 37.4 Å². The molecule has 3 aromatic heterocycles. The first kappa shape index (κ1) is 18.1. The van der Waals surface area contributed by atoms with E-state index in [2.05, 4.69) is 44.9 Å². The Bertz CT molecular complexity index is 994. The van der Waals surface area contributed by atoms with Gasteiger partial charge in [-0.3, -0.25) is 9.88 Å². The number of aromatic nitrogens is 2. The molecule has 28 heavy (non-hydrogen) atoms. The molecule has 0 amide bonds. The molecule has 0 spiro atoms. The fourth-order valence-corrected chi connectivity index (χ4v) is 3.38. The lowest BCUT2D eigenvalue weighted by Crippen LogP contribution is -2.23. The van der Waals surface area contributed by atoms with E-state index >= 15 is 0 Å². The second-order valence-corrected chi connectivity index (χ2v) is 6.63. The highest BCUT2D eigenvalue weighted by Gasteiger charge is 2.14. The molecule has 0 saturated heterocycles. The van der Waals surface area contributed by atoms with Crippen molar-refractivity contribution in [2.75, 3.05) is 7.11 Å². The molecule has 5 heteroatoms. The van der Waals surface area contributed by atoms with Crippen LogP contribution >= 0.6 is 0 Å². The summed E-state index contributed by atoms with van der Waals surface area (Å²) >= 11 is 0. The van der Waals surface area contributed by atoms with Gasteiger partial charge >= 0.3 is 0 Å². The maximum Gasteiger partial charge on any atom is 0.142 e. The van der Waals surface area contributed by atoms with Gasteiger partial charge in [0.15, 0.2) is 0 Å². The topological polar surface area (TPSA) is 43.4 Å². The van der Waals surface area contributed by atoms with Gasteiger partial charge in [0.2, 0.25) is 0 Å². The third-order valence-corrected chi connectivity index (χ3v) is 4.65. The smallest absolute Gasteiger partial charge is 0.142 e. The highest BCUT2D eigenvalue weighted by Crippen LogP contribution is 2.25. The number of methoxy groups -OCH3 is 1. The molecule has 0 saturated carbocycles. The zero-order valence-corrected chi connectivity index (χ0v) is 15.9. The van der Waals surface area contributed by atoms with Crippen LogP contribution in [-0.4, -0.2) is 21.6 Å². The van der Waals surface area contributed by atoms with Crippen LogP contribution < -0.4 is 4.74 Å². The van der Waals surface area contributed by atoms with Crippen LogP contribution in [0.25, 0.3) is 5.69 Å². The van der Waals surface area contributed by atoms with E-state index in [4.69, 9.17) is 9.15 Å². The number of rotatable bonds is 8. The van der Waals surface area contributed by atoms with Gasteiger partial charge in [-0.2, -0.15) is 0 Å². The van der Waals surface area contributed by atoms with Crippen molar-refractivity contribution < 1.29 is 9.15 Å². The molecular formula is C23H23N3O2. The summed E-state index contributed by atoms with van der Waals surface area (Å²) in [5, 5.41) is 0. The van der Waals surface area contributed by atoms with Gasteiger partial charge in [-0.25, -0.2) is 0 Å². The molecule has 4 rings (SSSR count). The Kier molecular flexibility index (Phi) is 5.54. The molecule has 0 aliphatic carbocycles. The van der Waals surface area contributed by atoms with Crippen LogP contribution in [0, 0.1) is 0 Å². The van der Waals surface area contributed by atoms with Crippen molar-refractivity contribution in [1.82, 2.24) is 14.5 Å². The predicted octanol–water partition coefficient (Wildman–Crippen LogP) is 4.68. The second-order valence-electron chi connectivity index (χ2n) is 6.63. The number of ether oxygens (including phenoxy) is 1. The average Bonchev–Trinajstić information content (AvgIpc) is 3.41. The van der Waals surface area contributed by atoms with Crippen LogP contribution in [0.5, 0.6) is 5.75 Å². The largest absolute Gasteiger partial charge is 0.495 e. The summed E-state index contributed by atoms with van der Waals surface area (Å²) in [7, 11) is 1.70. The second kappa shape index (κ2) is 8.59. The van der Waals surface area contributed by atoms with Crippen molar-refractivity contribution in [3.05, 3.63) is 103 Å². The Morgan fingerprint density at radius 3 is 2.68 bits per heavy atom. The van der Waals surface area contributed by atoms with Gasteiger partial charge in [-0.1, -0.05) is 18.2 Å². The van der Waals surface area contributed by atoms with Gasteiger partial charge in [0.05, 0.1) is 25.6 Å². The summed E-state index contributed by atoms with van der Waals surface area (Å²) in [6, 6.07) is 20.3. The van der Waals surface area contributed by atoms with E-state index in [1.54, 1.807) is 19.6 Å². The molecule has 142 valence electrons. The number of hydrogen-bond donors (Lipinski definition) is 0. The van der Waals surface area contributed by atoms with Crippen LogP contribution in [-0.2, 0) is 19.6 Å². The van der Waals surface area contributed by atoms with E-state index in [1.807, 2.05) is 42.6 Å². The number of pyridine rings is 1. The van der Waals surface area contributed by atoms with Crippen LogP contribution in [0.4, 0.5) is 0 Å². The maximum atomic E-state index is 5.59. The summed E-state index contributed by atoms with van der Waals surface area (Å²) in [6.45, 7) is 2.27. The number of furan rings is 1. The summed E-state index contributed by atoms with van der Waals surface area (Å²) in [4.78, 5) is 6.59. The number of para-hydroxylation sites is 2. The van der Waals surface area contributed by atoms with Crippen molar-refractivity contribution in [1.29, 1.82) is 0 Å². The van der Waals surface area contributed by atoms with Crippen molar-refractivity contribution in [2.45, 2.75) is 19.6 Å². The molecule has 0 N–H and O–H groups in total. The highest BCUT2D eigenvalue weighted by atomic mass is 16.5. The average molecular weight is 373 g/mol. The van der Waals surface area contributed by atoms with Crippen molar-refractivity contribution in [3.8, 4) is 11.4 Å². The molecule has 0 bridgehead atoms. The lowest BCUT2D eigenvalue weighted by atomic mass is 10.2. The quantitative estimate of drug-likeness (QED) is 0.450. The first-order valence-electron chi connectivity index (χ1n) is 9.27. The molecule has 0 aliphatic rings. The Labute approximate surface area is 164 Å². The van der Waals surface area contributed by atoms with Crippen molar-refractivity contribution in [3.63, 3.8) is 0 Å². The van der Waals surface area contributed by atoms with Crippen LogP contribution in [0.15, 0.2) is 89.9 Å². The predicted molar refractivity (Wildman–Crippen MR) is 108 cm³/mol. The highest BCUT2D eigenvalue weighted by molar-refractivity contribution is 5.48.